The van der Waals surface area contributed by atoms with Crippen molar-refractivity contribution in [3.63, 3.8) is 0 Å². The second-order valence-corrected chi connectivity index (χ2v) is 5.86. The van der Waals surface area contributed by atoms with Gasteiger partial charge in [-0.3, -0.25) is 4.90 Å². The molecule has 1 aliphatic rings. The van der Waals surface area contributed by atoms with Crippen LogP contribution >= 0.6 is 15.9 Å². The monoisotopic (exact) mass is 325 g/mol. The van der Waals surface area contributed by atoms with Crippen LogP contribution in [0, 0.1) is 0 Å². The van der Waals surface area contributed by atoms with Gasteiger partial charge in [-0.2, -0.15) is 0 Å². The van der Waals surface area contributed by atoms with E-state index >= 15 is 0 Å². The Hall–Kier alpha value is -1.07. The molecule has 2 N–H and O–H groups in total. The summed E-state index contributed by atoms with van der Waals surface area (Å²) < 4.78 is 1.10. The van der Waals surface area contributed by atoms with E-state index in [0.717, 1.165) is 37.1 Å². The number of urea groups is 1. The standard InChI is InChI=1S/C14H20BrN3O/c1-11(12-3-5-13(15)6-4-12)17-7-2-8-18(10-9-17)14(16)19/h3-6,11H,2,7-10H2,1H3,(H2,16,19)/t11-/m0/s1. The second-order valence-electron chi connectivity index (χ2n) is 4.94. The van der Waals surface area contributed by atoms with Gasteiger partial charge < -0.3 is 10.6 Å². The summed E-state index contributed by atoms with van der Waals surface area (Å²) in [6.45, 7) is 5.57. The Labute approximate surface area is 122 Å². The van der Waals surface area contributed by atoms with Crippen molar-refractivity contribution >= 4 is 22.0 Å². The van der Waals surface area contributed by atoms with Crippen molar-refractivity contribution in [2.75, 3.05) is 26.2 Å². The maximum Gasteiger partial charge on any atom is 0.314 e. The largest absolute Gasteiger partial charge is 0.351 e. The lowest BCUT2D eigenvalue weighted by atomic mass is 10.1. The predicted molar refractivity (Wildman–Crippen MR) is 79.9 cm³/mol. The number of halogens is 1. The van der Waals surface area contributed by atoms with E-state index < -0.39 is 0 Å². The predicted octanol–water partition coefficient (Wildman–Crippen LogP) is 2.60. The SMILES string of the molecule is C[C@@H](c1ccc(Br)cc1)N1CCCN(C(N)=O)CC1. The molecular weight excluding hydrogens is 306 g/mol. The van der Waals surface area contributed by atoms with Gasteiger partial charge in [-0.05, 0) is 31.0 Å². The molecule has 1 heterocycles. The minimum absolute atomic E-state index is 0.307. The van der Waals surface area contributed by atoms with E-state index in [1.807, 2.05) is 0 Å². The van der Waals surface area contributed by atoms with E-state index in [0.29, 0.717) is 6.04 Å². The molecule has 1 aromatic carbocycles. The summed E-state index contributed by atoms with van der Waals surface area (Å²) in [6, 6.07) is 8.48. The molecule has 1 fully saturated rings. The van der Waals surface area contributed by atoms with Crippen molar-refractivity contribution < 1.29 is 4.79 Å². The van der Waals surface area contributed by atoms with Crippen molar-refractivity contribution in [2.45, 2.75) is 19.4 Å². The highest BCUT2D eigenvalue weighted by atomic mass is 79.9. The van der Waals surface area contributed by atoms with E-state index in [-0.39, 0.29) is 6.03 Å². The summed E-state index contributed by atoms with van der Waals surface area (Å²) in [6.07, 6.45) is 0.976. The normalized spacial score (nSPS) is 18.9. The summed E-state index contributed by atoms with van der Waals surface area (Å²) in [5.41, 5.74) is 6.65. The number of carbonyl (C=O) groups excluding carboxylic acids is 1. The van der Waals surface area contributed by atoms with Crippen molar-refractivity contribution in [2.24, 2.45) is 5.73 Å². The number of benzene rings is 1. The summed E-state index contributed by atoms with van der Waals surface area (Å²) >= 11 is 3.46. The van der Waals surface area contributed by atoms with Gasteiger partial charge in [-0.15, -0.1) is 0 Å². The van der Waals surface area contributed by atoms with Gasteiger partial charge in [0, 0.05) is 36.7 Å². The number of primary amides is 1. The van der Waals surface area contributed by atoms with Crippen LogP contribution in [-0.4, -0.2) is 42.0 Å². The highest BCUT2D eigenvalue weighted by molar-refractivity contribution is 9.10. The molecule has 4 nitrogen and oxygen atoms in total. The smallest absolute Gasteiger partial charge is 0.314 e. The zero-order valence-corrected chi connectivity index (χ0v) is 12.8. The quantitative estimate of drug-likeness (QED) is 0.908. The molecular formula is C14H20BrN3O. The van der Waals surface area contributed by atoms with Crippen LogP contribution in [0.15, 0.2) is 28.7 Å². The van der Waals surface area contributed by atoms with Gasteiger partial charge in [0.15, 0.2) is 0 Å². The van der Waals surface area contributed by atoms with Crippen LogP contribution in [0.5, 0.6) is 0 Å². The number of hydrogen-bond acceptors (Lipinski definition) is 2. The fourth-order valence-corrected chi connectivity index (χ4v) is 2.76. The van der Waals surface area contributed by atoms with Crippen molar-refractivity contribution in [3.8, 4) is 0 Å². The minimum atomic E-state index is -0.307. The Morgan fingerprint density at radius 1 is 1.21 bits per heavy atom. The van der Waals surface area contributed by atoms with E-state index in [4.69, 9.17) is 5.73 Å². The lowest BCUT2D eigenvalue weighted by molar-refractivity contribution is 0.198. The maximum atomic E-state index is 11.2. The first-order chi connectivity index (χ1) is 9.08. The molecule has 1 aromatic rings. The second kappa shape index (κ2) is 6.39. The first-order valence-corrected chi connectivity index (χ1v) is 7.41. The van der Waals surface area contributed by atoms with Gasteiger partial charge in [0.05, 0.1) is 0 Å². The fraction of sp³-hybridized carbons (Fsp3) is 0.500. The molecule has 0 aliphatic carbocycles. The van der Waals surface area contributed by atoms with E-state index in [9.17, 15) is 4.79 Å². The van der Waals surface area contributed by atoms with Crippen LogP contribution in [0.25, 0.3) is 0 Å². The van der Waals surface area contributed by atoms with Gasteiger partial charge in [0.2, 0.25) is 0 Å². The third kappa shape index (κ3) is 3.70. The maximum absolute atomic E-state index is 11.2. The van der Waals surface area contributed by atoms with Gasteiger partial charge in [0.25, 0.3) is 0 Å². The van der Waals surface area contributed by atoms with Crippen LogP contribution in [0.2, 0.25) is 0 Å². The number of nitrogens with zero attached hydrogens (tertiary/aromatic N) is 2. The first-order valence-electron chi connectivity index (χ1n) is 6.62. The van der Waals surface area contributed by atoms with Crippen molar-refractivity contribution in [1.29, 1.82) is 0 Å². The Balaban J connectivity index is 2.01. The molecule has 0 aromatic heterocycles. The number of hydrogen-bond donors (Lipinski definition) is 1. The molecule has 2 amide bonds. The summed E-state index contributed by atoms with van der Waals surface area (Å²) in [4.78, 5) is 15.4. The summed E-state index contributed by atoms with van der Waals surface area (Å²) in [5, 5.41) is 0. The zero-order valence-electron chi connectivity index (χ0n) is 11.2. The number of amides is 2. The molecule has 0 radical (unpaired) electrons. The third-order valence-electron chi connectivity index (χ3n) is 3.74. The van der Waals surface area contributed by atoms with Crippen LogP contribution in [0.4, 0.5) is 4.79 Å². The van der Waals surface area contributed by atoms with Gasteiger partial charge in [-0.25, -0.2) is 4.79 Å². The molecule has 104 valence electrons. The van der Waals surface area contributed by atoms with Crippen LogP contribution < -0.4 is 5.73 Å². The van der Waals surface area contributed by atoms with Crippen molar-refractivity contribution in [1.82, 2.24) is 9.80 Å². The molecule has 2 rings (SSSR count). The van der Waals surface area contributed by atoms with Crippen molar-refractivity contribution in [3.05, 3.63) is 34.3 Å². The van der Waals surface area contributed by atoms with Gasteiger partial charge >= 0.3 is 6.03 Å². The van der Waals surface area contributed by atoms with Crippen LogP contribution in [0.3, 0.4) is 0 Å². The zero-order chi connectivity index (χ0) is 13.8. The average molecular weight is 326 g/mol. The van der Waals surface area contributed by atoms with Gasteiger partial charge in [-0.1, -0.05) is 28.1 Å². The number of carbonyl (C=O) groups is 1. The van der Waals surface area contributed by atoms with Gasteiger partial charge in [0.1, 0.15) is 0 Å². The third-order valence-corrected chi connectivity index (χ3v) is 4.27. The Kier molecular flexibility index (Phi) is 4.82. The lowest BCUT2D eigenvalue weighted by Crippen LogP contribution is -2.39. The highest BCUT2D eigenvalue weighted by Gasteiger charge is 2.21. The highest BCUT2D eigenvalue weighted by Crippen LogP contribution is 2.23. The molecule has 1 atom stereocenters. The molecule has 0 saturated carbocycles. The minimum Gasteiger partial charge on any atom is -0.351 e. The fourth-order valence-electron chi connectivity index (χ4n) is 2.50. The molecule has 1 aliphatic heterocycles. The number of nitrogens with two attached hydrogens (primary N) is 1. The summed E-state index contributed by atoms with van der Waals surface area (Å²) in [7, 11) is 0. The van der Waals surface area contributed by atoms with Crippen LogP contribution in [0.1, 0.15) is 24.9 Å². The van der Waals surface area contributed by atoms with E-state index in [1.165, 1.54) is 5.56 Å². The van der Waals surface area contributed by atoms with E-state index in [2.05, 4.69) is 52.0 Å². The molecule has 19 heavy (non-hydrogen) atoms. The number of rotatable bonds is 2. The lowest BCUT2D eigenvalue weighted by Gasteiger charge is -2.28. The molecule has 0 unspecified atom stereocenters. The first kappa shape index (κ1) is 14.3. The molecule has 0 spiro atoms. The Morgan fingerprint density at radius 2 is 1.89 bits per heavy atom. The molecule has 5 heteroatoms. The van der Waals surface area contributed by atoms with Crippen LogP contribution in [-0.2, 0) is 0 Å². The van der Waals surface area contributed by atoms with E-state index in [1.54, 1.807) is 4.90 Å². The Morgan fingerprint density at radius 3 is 2.53 bits per heavy atom. The molecule has 0 bridgehead atoms. The average Bonchev–Trinajstić information content (AvgIpc) is 2.64. The summed E-state index contributed by atoms with van der Waals surface area (Å²) in [5.74, 6) is 0. The topological polar surface area (TPSA) is 49.6 Å². The Bertz CT molecular complexity index is 435. The molecule has 1 saturated heterocycles.